The Labute approximate surface area is 117 Å². The van der Waals surface area contributed by atoms with Crippen molar-refractivity contribution < 1.29 is 9.53 Å². The fourth-order valence-electron chi connectivity index (χ4n) is 2.06. The van der Waals surface area contributed by atoms with Crippen molar-refractivity contribution in [3.8, 4) is 6.01 Å². The lowest BCUT2D eigenvalue weighted by Crippen LogP contribution is -2.34. The van der Waals surface area contributed by atoms with Crippen molar-refractivity contribution in [3.05, 3.63) is 21.8 Å². The number of benzene rings is 1. The van der Waals surface area contributed by atoms with E-state index >= 15 is 0 Å². The first-order chi connectivity index (χ1) is 8.72. The van der Waals surface area contributed by atoms with Gasteiger partial charge in [0.05, 0.1) is 11.0 Å². The molecule has 1 atom stereocenters. The third-order valence-electron chi connectivity index (χ3n) is 2.97. The van der Waals surface area contributed by atoms with Crippen LogP contribution in [0, 0.1) is 3.57 Å². The summed E-state index contributed by atoms with van der Waals surface area (Å²) in [4.78, 5) is 19.1. The van der Waals surface area contributed by atoms with Gasteiger partial charge in [0.2, 0.25) is 0 Å². The van der Waals surface area contributed by atoms with E-state index in [2.05, 4.69) is 37.9 Å². The van der Waals surface area contributed by atoms with E-state index < -0.39 is 0 Å². The van der Waals surface area contributed by atoms with Gasteiger partial charge in [0, 0.05) is 3.57 Å². The summed E-state index contributed by atoms with van der Waals surface area (Å²) >= 11 is 2.22. The molecule has 0 spiro atoms. The summed E-state index contributed by atoms with van der Waals surface area (Å²) in [6.45, 7) is 0.873. The standard InChI is InChI=1S/C12H12IN3O2/c13-7-3-4-8-10(6-7)16-12(15-8)18-11(17)9-2-1-5-14-9/h3-4,6,9,14H,1-2,5H2,(H,15,16). The van der Waals surface area contributed by atoms with Crippen molar-refractivity contribution in [2.45, 2.75) is 18.9 Å². The van der Waals surface area contributed by atoms with Crippen LogP contribution in [0.1, 0.15) is 12.8 Å². The largest absolute Gasteiger partial charge is 0.391 e. The number of aromatic nitrogens is 2. The average molecular weight is 357 g/mol. The Kier molecular flexibility index (Phi) is 3.21. The van der Waals surface area contributed by atoms with Crippen molar-refractivity contribution in [1.82, 2.24) is 15.3 Å². The second-order valence-corrected chi connectivity index (χ2v) is 5.52. The molecule has 0 saturated carbocycles. The maximum atomic E-state index is 11.8. The molecule has 0 amide bonds. The minimum absolute atomic E-state index is 0.196. The zero-order chi connectivity index (χ0) is 12.5. The van der Waals surface area contributed by atoms with Crippen molar-refractivity contribution in [3.63, 3.8) is 0 Å². The number of hydrogen-bond acceptors (Lipinski definition) is 4. The molecule has 0 aliphatic carbocycles. The Balaban J connectivity index is 1.79. The van der Waals surface area contributed by atoms with Crippen molar-refractivity contribution in [2.75, 3.05) is 6.54 Å². The number of fused-ring (bicyclic) bond motifs is 1. The number of nitrogens with zero attached hydrogens (tertiary/aromatic N) is 1. The smallest absolute Gasteiger partial charge is 0.330 e. The maximum absolute atomic E-state index is 11.8. The van der Waals surface area contributed by atoms with Crippen LogP contribution >= 0.6 is 22.6 Å². The number of hydrogen-bond donors (Lipinski definition) is 2. The minimum atomic E-state index is -0.263. The Hall–Kier alpha value is -1.15. The van der Waals surface area contributed by atoms with Gasteiger partial charge < -0.3 is 15.0 Å². The van der Waals surface area contributed by atoms with Gasteiger partial charge in [-0.1, -0.05) is 0 Å². The summed E-state index contributed by atoms with van der Waals surface area (Å²) < 4.78 is 6.35. The van der Waals surface area contributed by atoms with Gasteiger partial charge in [-0.25, -0.2) is 4.79 Å². The van der Waals surface area contributed by atoms with E-state index in [-0.39, 0.29) is 18.0 Å². The molecule has 2 aromatic rings. The predicted molar refractivity (Wildman–Crippen MR) is 75.5 cm³/mol. The summed E-state index contributed by atoms with van der Waals surface area (Å²) in [6, 6.07) is 5.92. The van der Waals surface area contributed by atoms with Gasteiger partial charge in [-0.05, 0) is 60.2 Å². The second-order valence-electron chi connectivity index (χ2n) is 4.27. The fourth-order valence-corrected chi connectivity index (χ4v) is 2.53. The molecule has 1 unspecified atom stereocenters. The number of nitrogens with one attached hydrogen (secondary N) is 2. The molecule has 18 heavy (non-hydrogen) atoms. The molecule has 1 aliphatic rings. The molecule has 3 rings (SSSR count). The molecule has 0 radical (unpaired) electrons. The zero-order valence-corrected chi connectivity index (χ0v) is 11.7. The number of halogens is 1. The molecule has 1 saturated heterocycles. The number of carbonyl (C=O) groups excluding carboxylic acids is 1. The SMILES string of the molecule is O=C(Oc1nc2cc(I)ccc2[nH]1)C1CCCN1. The normalized spacial score (nSPS) is 19.3. The number of carbonyl (C=O) groups is 1. The Bertz CT molecular complexity index is 590. The highest BCUT2D eigenvalue weighted by atomic mass is 127. The van der Waals surface area contributed by atoms with Gasteiger partial charge >= 0.3 is 12.0 Å². The van der Waals surface area contributed by atoms with Crippen LogP contribution in [0.2, 0.25) is 0 Å². The molecule has 94 valence electrons. The molecule has 2 heterocycles. The van der Waals surface area contributed by atoms with Gasteiger partial charge in [0.1, 0.15) is 6.04 Å². The van der Waals surface area contributed by atoms with E-state index in [1.54, 1.807) is 0 Å². The predicted octanol–water partition coefficient (Wildman–Crippen LogP) is 1.82. The quantitative estimate of drug-likeness (QED) is 0.636. The summed E-state index contributed by atoms with van der Waals surface area (Å²) in [7, 11) is 0. The molecule has 5 nitrogen and oxygen atoms in total. The summed E-state index contributed by atoms with van der Waals surface area (Å²) in [5, 5.41) is 3.10. The minimum Gasteiger partial charge on any atom is -0.391 e. The molecule has 1 aliphatic heterocycles. The number of imidazole rings is 1. The van der Waals surface area contributed by atoms with Gasteiger partial charge in [-0.3, -0.25) is 0 Å². The molecule has 6 heteroatoms. The van der Waals surface area contributed by atoms with E-state index in [1.165, 1.54) is 0 Å². The number of rotatable bonds is 2. The molecule has 1 aromatic heterocycles. The lowest BCUT2D eigenvalue weighted by molar-refractivity contribution is -0.136. The van der Waals surface area contributed by atoms with Crippen LogP contribution in [-0.2, 0) is 4.79 Å². The number of aromatic amines is 1. The average Bonchev–Trinajstić information content (AvgIpc) is 2.95. The van der Waals surface area contributed by atoms with Crippen LogP contribution in [0.3, 0.4) is 0 Å². The first-order valence-electron chi connectivity index (χ1n) is 5.83. The first kappa shape index (κ1) is 11.9. The highest BCUT2D eigenvalue weighted by Crippen LogP contribution is 2.19. The third-order valence-corrected chi connectivity index (χ3v) is 3.64. The topological polar surface area (TPSA) is 67.0 Å². The van der Waals surface area contributed by atoms with Gasteiger partial charge in [-0.2, -0.15) is 4.98 Å². The van der Waals surface area contributed by atoms with Crippen molar-refractivity contribution >= 4 is 39.6 Å². The summed E-state index contributed by atoms with van der Waals surface area (Å²) in [5.41, 5.74) is 1.68. The van der Waals surface area contributed by atoms with Crippen LogP contribution in [0.4, 0.5) is 0 Å². The Morgan fingerprint density at radius 1 is 1.50 bits per heavy atom. The van der Waals surface area contributed by atoms with Crippen molar-refractivity contribution in [2.24, 2.45) is 0 Å². The van der Waals surface area contributed by atoms with Gasteiger partial charge in [0.25, 0.3) is 0 Å². The monoisotopic (exact) mass is 357 g/mol. The van der Waals surface area contributed by atoms with Gasteiger partial charge in [0.15, 0.2) is 0 Å². The zero-order valence-electron chi connectivity index (χ0n) is 9.57. The van der Waals surface area contributed by atoms with E-state index in [1.807, 2.05) is 18.2 Å². The molecule has 2 N–H and O–H groups in total. The van der Waals surface area contributed by atoms with Gasteiger partial charge in [-0.15, -0.1) is 0 Å². The van der Waals surface area contributed by atoms with E-state index in [4.69, 9.17) is 4.74 Å². The molecular formula is C12H12IN3O2. The van der Waals surface area contributed by atoms with Crippen LogP contribution in [-0.4, -0.2) is 28.5 Å². The maximum Gasteiger partial charge on any atom is 0.330 e. The summed E-state index contributed by atoms with van der Waals surface area (Å²) in [5.74, 6) is -0.263. The molecule has 0 bridgehead atoms. The number of ether oxygens (including phenoxy) is 1. The van der Waals surface area contributed by atoms with Crippen LogP contribution in [0.15, 0.2) is 18.2 Å². The van der Waals surface area contributed by atoms with E-state index in [0.29, 0.717) is 0 Å². The molecule has 1 fully saturated rings. The van der Waals surface area contributed by atoms with Crippen molar-refractivity contribution in [1.29, 1.82) is 0 Å². The van der Waals surface area contributed by atoms with E-state index in [0.717, 1.165) is 34.0 Å². The van der Waals surface area contributed by atoms with Crippen LogP contribution < -0.4 is 10.1 Å². The highest BCUT2D eigenvalue weighted by Gasteiger charge is 2.24. The molecular weight excluding hydrogens is 345 g/mol. The van der Waals surface area contributed by atoms with E-state index in [9.17, 15) is 4.79 Å². The van der Waals surface area contributed by atoms with Crippen LogP contribution in [0.5, 0.6) is 6.01 Å². The second kappa shape index (κ2) is 4.85. The van der Waals surface area contributed by atoms with Crippen LogP contribution in [0.25, 0.3) is 11.0 Å². The summed E-state index contributed by atoms with van der Waals surface area (Å²) in [6.07, 6.45) is 1.84. The molecule has 1 aromatic carbocycles. The Morgan fingerprint density at radius 3 is 3.17 bits per heavy atom. The Morgan fingerprint density at radius 2 is 2.39 bits per heavy atom. The first-order valence-corrected chi connectivity index (χ1v) is 6.90. The fraction of sp³-hybridized carbons (Fsp3) is 0.333. The lowest BCUT2D eigenvalue weighted by atomic mass is 10.2. The number of esters is 1. The number of H-pyrrole nitrogens is 1. The highest BCUT2D eigenvalue weighted by molar-refractivity contribution is 14.1. The third kappa shape index (κ3) is 2.35. The lowest BCUT2D eigenvalue weighted by Gasteiger charge is -2.06.